The van der Waals surface area contributed by atoms with E-state index >= 15 is 0 Å². The van der Waals surface area contributed by atoms with E-state index in [1.54, 1.807) is 19.0 Å². The molecule has 2 aliphatic rings. The Morgan fingerprint density at radius 2 is 1.66 bits per heavy atom. The Kier molecular flexibility index (Phi) is 7.53. The number of urea groups is 1. The molecule has 2 saturated heterocycles. The van der Waals surface area contributed by atoms with Gasteiger partial charge in [-0.1, -0.05) is 30.3 Å². The first-order valence-electron chi connectivity index (χ1n) is 10.9. The van der Waals surface area contributed by atoms with Crippen LogP contribution in [-0.2, 0) is 11.2 Å². The summed E-state index contributed by atoms with van der Waals surface area (Å²) < 4.78 is 0. The van der Waals surface area contributed by atoms with Crippen molar-refractivity contribution >= 4 is 11.9 Å². The number of hydrogen-bond donors (Lipinski definition) is 0. The average molecular weight is 401 g/mol. The molecule has 1 atom stereocenters. The third-order valence-corrected chi connectivity index (χ3v) is 6.42. The third-order valence-electron chi connectivity index (χ3n) is 6.42. The Hall–Kier alpha value is -2.08. The van der Waals surface area contributed by atoms with E-state index in [9.17, 15) is 9.59 Å². The summed E-state index contributed by atoms with van der Waals surface area (Å²) in [5, 5.41) is 0. The van der Waals surface area contributed by atoms with Gasteiger partial charge in [-0.25, -0.2) is 4.79 Å². The number of rotatable bonds is 5. The number of likely N-dealkylation sites (N-methyl/N-ethyl adjacent to an activating group) is 1. The molecular weight excluding hydrogens is 364 g/mol. The predicted octanol–water partition coefficient (Wildman–Crippen LogP) is 2.55. The first kappa shape index (κ1) is 21.6. The van der Waals surface area contributed by atoms with E-state index < -0.39 is 0 Å². The highest BCUT2D eigenvalue weighted by Gasteiger charge is 2.33. The summed E-state index contributed by atoms with van der Waals surface area (Å²) in [6.45, 7) is 4.09. The fourth-order valence-electron chi connectivity index (χ4n) is 4.51. The van der Waals surface area contributed by atoms with Crippen LogP contribution in [0.25, 0.3) is 0 Å². The van der Waals surface area contributed by atoms with Crippen molar-refractivity contribution in [3.05, 3.63) is 35.9 Å². The van der Waals surface area contributed by atoms with Crippen LogP contribution < -0.4 is 0 Å². The molecular formula is C23H36N4O2. The Bertz CT molecular complexity index is 671. The largest absolute Gasteiger partial charge is 0.341 e. The highest BCUT2D eigenvalue weighted by atomic mass is 16.2. The number of nitrogens with zero attached hydrogens (tertiary/aromatic N) is 4. The Balaban J connectivity index is 1.47. The SMILES string of the molecule is CN(C)C(=O)N1CCC(C(=O)N2CCC[C@H](N(C)CCc3ccccc3)C2)CC1. The van der Waals surface area contributed by atoms with Gasteiger partial charge in [0.15, 0.2) is 0 Å². The lowest BCUT2D eigenvalue weighted by molar-refractivity contribution is -0.139. The number of carbonyl (C=O) groups is 2. The molecule has 1 aromatic carbocycles. The Labute approximate surface area is 175 Å². The molecule has 0 aromatic heterocycles. The van der Waals surface area contributed by atoms with Crippen molar-refractivity contribution in [3.63, 3.8) is 0 Å². The molecule has 3 amide bonds. The van der Waals surface area contributed by atoms with E-state index in [1.807, 2.05) is 4.90 Å². The van der Waals surface area contributed by atoms with Crippen LogP contribution in [0.4, 0.5) is 4.79 Å². The standard InChI is InChI=1S/C23H36N4O2/c1-24(2)23(29)26-16-12-20(13-17-26)22(28)27-14-7-10-21(18-27)25(3)15-11-19-8-5-4-6-9-19/h4-6,8-9,20-21H,7,10-18H2,1-3H3/t21-/m0/s1. The molecule has 2 aliphatic heterocycles. The van der Waals surface area contributed by atoms with Gasteiger partial charge in [0.05, 0.1) is 0 Å². The zero-order valence-electron chi connectivity index (χ0n) is 18.2. The Morgan fingerprint density at radius 1 is 0.966 bits per heavy atom. The number of likely N-dealkylation sites (tertiary alicyclic amines) is 2. The maximum atomic E-state index is 13.1. The first-order chi connectivity index (χ1) is 14.0. The summed E-state index contributed by atoms with van der Waals surface area (Å²) in [6, 6.07) is 11.1. The molecule has 2 heterocycles. The van der Waals surface area contributed by atoms with Crippen LogP contribution in [0.2, 0.25) is 0 Å². The maximum absolute atomic E-state index is 13.1. The van der Waals surface area contributed by atoms with Crippen LogP contribution >= 0.6 is 0 Å². The first-order valence-corrected chi connectivity index (χ1v) is 10.9. The molecule has 6 heteroatoms. The van der Waals surface area contributed by atoms with Crippen molar-refractivity contribution in [2.75, 3.05) is 53.9 Å². The van der Waals surface area contributed by atoms with Gasteiger partial charge in [0, 0.05) is 58.8 Å². The summed E-state index contributed by atoms with van der Waals surface area (Å²) in [5.41, 5.74) is 1.36. The zero-order chi connectivity index (χ0) is 20.8. The van der Waals surface area contributed by atoms with Crippen LogP contribution in [0, 0.1) is 5.92 Å². The molecule has 0 spiro atoms. The molecule has 2 fully saturated rings. The normalized spacial score (nSPS) is 20.8. The van der Waals surface area contributed by atoms with Crippen molar-refractivity contribution in [1.82, 2.24) is 19.6 Å². The van der Waals surface area contributed by atoms with Crippen LogP contribution in [0.3, 0.4) is 0 Å². The Morgan fingerprint density at radius 3 is 2.31 bits per heavy atom. The van der Waals surface area contributed by atoms with Gasteiger partial charge in [0.25, 0.3) is 0 Å². The number of carbonyl (C=O) groups excluding carboxylic acids is 2. The average Bonchev–Trinajstić information content (AvgIpc) is 2.77. The predicted molar refractivity (Wildman–Crippen MR) is 116 cm³/mol. The molecule has 1 aromatic rings. The van der Waals surface area contributed by atoms with Crippen LogP contribution in [0.1, 0.15) is 31.2 Å². The monoisotopic (exact) mass is 400 g/mol. The molecule has 0 bridgehead atoms. The summed E-state index contributed by atoms with van der Waals surface area (Å²) >= 11 is 0. The summed E-state index contributed by atoms with van der Waals surface area (Å²) in [4.78, 5) is 33.2. The lowest BCUT2D eigenvalue weighted by Crippen LogP contribution is -2.52. The van der Waals surface area contributed by atoms with Gasteiger partial charge >= 0.3 is 6.03 Å². The highest BCUT2D eigenvalue weighted by molar-refractivity contribution is 5.80. The molecule has 3 rings (SSSR count). The fraction of sp³-hybridized carbons (Fsp3) is 0.652. The smallest absolute Gasteiger partial charge is 0.319 e. The quantitative estimate of drug-likeness (QED) is 0.763. The number of amides is 3. The van der Waals surface area contributed by atoms with E-state index in [-0.39, 0.29) is 11.9 Å². The minimum Gasteiger partial charge on any atom is -0.341 e. The van der Waals surface area contributed by atoms with Crippen LogP contribution in [-0.4, -0.2) is 91.4 Å². The lowest BCUT2D eigenvalue weighted by Gasteiger charge is -2.40. The van der Waals surface area contributed by atoms with E-state index in [1.165, 1.54) is 5.56 Å². The summed E-state index contributed by atoms with van der Waals surface area (Å²) in [7, 11) is 5.75. The van der Waals surface area contributed by atoms with Gasteiger partial charge < -0.3 is 19.6 Å². The second-order valence-electron chi connectivity index (χ2n) is 8.73. The molecule has 160 valence electrons. The van der Waals surface area contributed by atoms with Gasteiger partial charge in [0.2, 0.25) is 5.91 Å². The van der Waals surface area contributed by atoms with Gasteiger partial charge in [-0.05, 0) is 44.7 Å². The molecule has 0 unspecified atom stereocenters. The number of piperidine rings is 2. The van der Waals surface area contributed by atoms with Crippen LogP contribution in [0.5, 0.6) is 0 Å². The van der Waals surface area contributed by atoms with E-state index in [2.05, 4.69) is 47.2 Å². The van der Waals surface area contributed by atoms with Crippen molar-refractivity contribution in [2.24, 2.45) is 5.92 Å². The summed E-state index contributed by atoms with van der Waals surface area (Å²) in [6.07, 6.45) is 4.84. The minimum absolute atomic E-state index is 0.0500. The second-order valence-corrected chi connectivity index (χ2v) is 8.73. The van der Waals surface area contributed by atoms with Gasteiger partial charge in [0.1, 0.15) is 0 Å². The van der Waals surface area contributed by atoms with Gasteiger partial charge in [-0.3, -0.25) is 4.79 Å². The lowest BCUT2D eigenvalue weighted by atomic mass is 9.93. The second kappa shape index (κ2) is 10.1. The molecule has 0 saturated carbocycles. The molecule has 0 aliphatic carbocycles. The molecule has 0 radical (unpaired) electrons. The van der Waals surface area contributed by atoms with Crippen molar-refractivity contribution < 1.29 is 9.59 Å². The summed E-state index contributed by atoms with van der Waals surface area (Å²) in [5.74, 6) is 0.359. The molecule has 29 heavy (non-hydrogen) atoms. The zero-order valence-corrected chi connectivity index (χ0v) is 18.2. The topological polar surface area (TPSA) is 47.1 Å². The van der Waals surface area contributed by atoms with Crippen molar-refractivity contribution in [1.29, 1.82) is 0 Å². The maximum Gasteiger partial charge on any atom is 0.319 e. The molecule has 6 nitrogen and oxygen atoms in total. The third kappa shape index (κ3) is 5.72. The molecule has 0 N–H and O–H groups in total. The fourth-order valence-corrected chi connectivity index (χ4v) is 4.51. The van der Waals surface area contributed by atoms with E-state index in [0.29, 0.717) is 25.0 Å². The minimum atomic E-state index is 0.0500. The number of benzene rings is 1. The van der Waals surface area contributed by atoms with E-state index in [0.717, 1.165) is 51.7 Å². The van der Waals surface area contributed by atoms with Crippen molar-refractivity contribution in [3.8, 4) is 0 Å². The van der Waals surface area contributed by atoms with Gasteiger partial charge in [-0.15, -0.1) is 0 Å². The van der Waals surface area contributed by atoms with Gasteiger partial charge in [-0.2, -0.15) is 0 Å². The van der Waals surface area contributed by atoms with Crippen LogP contribution in [0.15, 0.2) is 30.3 Å². The number of hydrogen-bond acceptors (Lipinski definition) is 3. The van der Waals surface area contributed by atoms with E-state index in [4.69, 9.17) is 0 Å². The van der Waals surface area contributed by atoms with Crippen molar-refractivity contribution in [2.45, 2.75) is 38.1 Å². The highest BCUT2D eigenvalue weighted by Crippen LogP contribution is 2.23.